The SMILES string of the molecule is CCOC(=O)c1[nH]c2cc(Cl)ccc2c1C(C(=O)NC1CCCCC1)N(Cc1ccc(N)c(Cl)c1)C(C)=O. The van der Waals surface area contributed by atoms with E-state index in [2.05, 4.69) is 10.3 Å². The molecule has 2 amide bonds. The third kappa shape index (κ3) is 6.08. The quantitative estimate of drug-likeness (QED) is 0.239. The topological polar surface area (TPSA) is 118 Å². The molecule has 1 heterocycles. The summed E-state index contributed by atoms with van der Waals surface area (Å²) < 4.78 is 5.33. The van der Waals surface area contributed by atoms with Crippen LogP contribution in [0.4, 0.5) is 5.69 Å². The molecule has 4 rings (SSSR count). The van der Waals surface area contributed by atoms with E-state index in [9.17, 15) is 14.4 Å². The van der Waals surface area contributed by atoms with Crippen molar-refractivity contribution in [2.75, 3.05) is 12.3 Å². The molecule has 10 heteroatoms. The van der Waals surface area contributed by atoms with Crippen LogP contribution in [0.2, 0.25) is 10.0 Å². The number of hydrogen-bond donors (Lipinski definition) is 3. The standard InChI is InChI=1S/C28H32Cl2N4O4/c1-3-38-28(37)25-24(20-11-10-18(29)14-23(20)33-25)26(27(36)32-19-7-5-4-6-8-19)34(16(2)35)15-17-9-12-22(31)21(30)13-17/h9-14,19,26,33H,3-8,15,31H2,1-2H3,(H,32,36). The van der Waals surface area contributed by atoms with Crippen LogP contribution in [0.5, 0.6) is 0 Å². The minimum absolute atomic E-state index is 0.00998. The molecule has 1 unspecified atom stereocenters. The van der Waals surface area contributed by atoms with E-state index in [0.29, 0.717) is 37.8 Å². The average molecular weight is 559 g/mol. The predicted molar refractivity (Wildman–Crippen MR) is 149 cm³/mol. The maximum absolute atomic E-state index is 14.1. The molecule has 0 bridgehead atoms. The first-order valence-electron chi connectivity index (χ1n) is 12.8. The first-order valence-corrected chi connectivity index (χ1v) is 13.5. The Morgan fingerprint density at radius 3 is 2.53 bits per heavy atom. The zero-order valence-corrected chi connectivity index (χ0v) is 23.0. The molecule has 3 aromatic rings. The van der Waals surface area contributed by atoms with Gasteiger partial charge in [-0.15, -0.1) is 0 Å². The second kappa shape index (κ2) is 12.1. The van der Waals surface area contributed by atoms with Crippen LogP contribution in [0.3, 0.4) is 0 Å². The van der Waals surface area contributed by atoms with Gasteiger partial charge in [-0.25, -0.2) is 4.79 Å². The van der Waals surface area contributed by atoms with Gasteiger partial charge in [0.2, 0.25) is 11.8 Å². The molecule has 1 saturated carbocycles. The summed E-state index contributed by atoms with van der Waals surface area (Å²) in [7, 11) is 0. The molecule has 0 radical (unpaired) electrons. The Hall–Kier alpha value is -3.23. The molecule has 4 N–H and O–H groups in total. The van der Waals surface area contributed by atoms with Gasteiger partial charge in [-0.3, -0.25) is 9.59 Å². The summed E-state index contributed by atoms with van der Waals surface area (Å²) in [6, 6.07) is 9.06. The van der Waals surface area contributed by atoms with Crippen molar-refractivity contribution in [3.05, 3.63) is 63.3 Å². The number of nitrogens with zero attached hydrogens (tertiary/aromatic N) is 1. The molecular formula is C28H32Cl2N4O4. The smallest absolute Gasteiger partial charge is 0.355 e. The molecule has 8 nitrogen and oxygen atoms in total. The van der Waals surface area contributed by atoms with E-state index >= 15 is 0 Å². The number of aromatic nitrogens is 1. The van der Waals surface area contributed by atoms with E-state index in [1.54, 1.807) is 43.3 Å². The molecule has 1 aliphatic carbocycles. The number of carbonyl (C=O) groups excluding carboxylic acids is 3. The van der Waals surface area contributed by atoms with E-state index < -0.39 is 12.0 Å². The Kier molecular flexibility index (Phi) is 8.84. The van der Waals surface area contributed by atoms with Crippen molar-refractivity contribution in [2.24, 2.45) is 0 Å². The lowest BCUT2D eigenvalue weighted by molar-refractivity contribution is -0.140. The molecule has 1 aromatic heterocycles. The van der Waals surface area contributed by atoms with Crippen molar-refractivity contribution in [2.45, 2.75) is 64.6 Å². The maximum atomic E-state index is 14.1. The number of carbonyl (C=O) groups is 3. The van der Waals surface area contributed by atoms with Crippen molar-refractivity contribution in [1.29, 1.82) is 0 Å². The molecule has 38 heavy (non-hydrogen) atoms. The first-order chi connectivity index (χ1) is 18.2. The number of rotatable bonds is 8. The summed E-state index contributed by atoms with van der Waals surface area (Å²) in [5.74, 6) is -1.33. The van der Waals surface area contributed by atoms with Gasteiger partial charge in [0.05, 0.1) is 17.3 Å². The summed E-state index contributed by atoms with van der Waals surface area (Å²) in [4.78, 5) is 44.9. The number of benzene rings is 2. The summed E-state index contributed by atoms with van der Waals surface area (Å²) in [6.07, 6.45) is 4.90. The van der Waals surface area contributed by atoms with Crippen molar-refractivity contribution in [3.63, 3.8) is 0 Å². The summed E-state index contributed by atoms with van der Waals surface area (Å²) >= 11 is 12.5. The van der Waals surface area contributed by atoms with E-state index in [0.717, 1.165) is 32.1 Å². The van der Waals surface area contributed by atoms with Crippen molar-refractivity contribution in [3.8, 4) is 0 Å². The molecule has 2 aromatic carbocycles. The number of anilines is 1. The minimum atomic E-state index is -1.12. The molecule has 1 aliphatic rings. The third-order valence-corrected chi connectivity index (χ3v) is 7.45. The fourth-order valence-electron chi connectivity index (χ4n) is 5.05. The van der Waals surface area contributed by atoms with Crippen molar-refractivity contribution < 1.29 is 19.1 Å². The minimum Gasteiger partial charge on any atom is -0.461 e. The van der Waals surface area contributed by atoms with E-state index in [-0.39, 0.29) is 36.7 Å². The van der Waals surface area contributed by atoms with Crippen molar-refractivity contribution in [1.82, 2.24) is 15.2 Å². The zero-order valence-electron chi connectivity index (χ0n) is 21.5. The monoisotopic (exact) mass is 558 g/mol. The number of H-pyrrole nitrogens is 1. The largest absolute Gasteiger partial charge is 0.461 e. The normalized spacial score (nSPS) is 14.7. The number of amides is 2. The Morgan fingerprint density at radius 1 is 1.13 bits per heavy atom. The van der Waals surface area contributed by atoms with Crippen LogP contribution in [0, 0.1) is 0 Å². The fourth-order valence-corrected chi connectivity index (χ4v) is 5.42. The third-order valence-electron chi connectivity index (χ3n) is 6.89. The first kappa shape index (κ1) is 27.8. The fraction of sp³-hybridized carbons (Fsp3) is 0.393. The molecule has 202 valence electrons. The second-order valence-corrected chi connectivity index (χ2v) is 10.4. The summed E-state index contributed by atoms with van der Waals surface area (Å²) in [6.45, 7) is 3.32. The molecule has 0 aliphatic heterocycles. The number of nitrogens with one attached hydrogen (secondary N) is 2. The average Bonchev–Trinajstić information content (AvgIpc) is 3.24. The maximum Gasteiger partial charge on any atom is 0.355 e. The molecule has 0 saturated heterocycles. The van der Waals surface area contributed by atoms with Crippen LogP contribution in [0.1, 0.15) is 73.6 Å². The number of hydrogen-bond acceptors (Lipinski definition) is 5. The van der Waals surface area contributed by atoms with Gasteiger partial charge in [0.1, 0.15) is 11.7 Å². The summed E-state index contributed by atoms with van der Waals surface area (Å²) in [5.41, 5.74) is 8.01. The van der Waals surface area contributed by atoms with Gasteiger partial charge >= 0.3 is 5.97 Å². The summed E-state index contributed by atoms with van der Waals surface area (Å²) in [5, 5.41) is 4.56. The molecule has 1 atom stereocenters. The zero-order chi connectivity index (χ0) is 27.4. The van der Waals surface area contributed by atoms with Crippen LogP contribution in [-0.4, -0.2) is 40.3 Å². The van der Waals surface area contributed by atoms with Gasteiger partial charge in [-0.05, 0) is 49.6 Å². The van der Waals surface area contributed by atoms with Gasteiger partial charge < -0.3 is 25.7 Å². The highest BCUT2D eigenvalue weighted by Crippen LogP contribution is 2.36. The highest BCUT2D eigenvalue weighted by Gasteiger charge is 2.37. The number of ether oxygens (including phenoxy) is 1. The van der Waals surface area contributed by atoms with Crippen LogP contribution < -0.4 is 11.1 Å². The Morgan fingerprint density at radius 2 is 1.87 bits per heavy atom. The van der Waals surface area contributed by atoms with Gasteiger partial charge in [-0.1, -0.05) is 54.6 Å². The number of nitrogens with two attached hydrogens (primary N) is 1. The Labute approximate surface area is 231 Å². The Bertz CT molecular complexity index is 1350. The number of esters is 1. The lowest BCUT2D eigenvalue weighted by Crippen LogP contribution is -2.46. The van der Waals surface area contributed by atoms with E-state index in [1.165, 1.54) is 11.8 Å². The predicted octanol–water partition coefficient (Wildman–Crippen LogP) is 5.77. The lowest BCUT2D eigenvalue weighted by Gasteiger charge is -2.33. The van der Waals surface area contributed by atoms with Crippen LogP contribution in [-0.2, 0) is 20.9 Å². The van der Waals surface area contributed by atoms with Crippen LogP contribution in [0.15, 0.2) is 36.4 Å². The lowest BCUT2D eigenvalue weighted by atomic mass is 9.94. The van der Waals surface area contributed by atoms with Crippen molar-refractivity contribution >= 4 is 57.6 Å². The van der Waals surface area contributed by atoms with Crippen LogP contribution in [0.25, 0.3) is 10.9 Å². The molecular weight excluding hydrogens is 527 g/mol. The van der Waals surface area contributed by atoms with Gasteiger partial charge in [0, 0.05) is 41.0 Å². The molecule has 1 fully saturated rings. The number of fused-ring (bicyclic) bond motifs is 1. The highest BCUT2D eigenvalue weighted by atomic mass is 35.5. The number of aromatic amines is 1. The Balaban J connectivity index is 1.87. The van der Waals surface area contributed by atoms with Gasteiger partial charge in [0.25, 0.3) is 0 Å². The second-order valence-electron chi connectivity index (χ2n) is 9.57. The highest BCUT2D eigenvalue weighted by molar-refractivity contribution is 6.33. The molecule has 0 spiro atoms. The van der Waals surface area contributed by atoms with Gasteiger partial charge in [0.15, 0.2) is 0 Å². The number of halogens is 2. The number of nitrogen functional groups attached to an aromatic ring is 1. The van der Waals surface area contributed by atoms with Crippen LogP contribution >= 0.6 is 23.2 Å². The van der Waals surface area contributed by atoms with E-state index in [4.69, 9.17) is 33.7 Å². The van der Waals surface area contributed by atoms with Gasteiger partial charge in [-0.2, -0.15) is 0 Å². The van der Waals surface area contributed by atoms with E-state index in [1.807, 2.05) is 0 Å².